The van der Waals surface area contributed by atoms with Gasteiger partial charge in [-0.25, -0.2) is 0 Å². The Morgan fingerprint density at radius 1 is 1.13 bits per heavy atom. The number of thiocyanates is 1. The van der Waals surface area contributed by atoms with Crippen LogP contribution < -0.4 is 0 Å². The van der Waals surface area contributed by atoms with Crippen LogP contribution in [0.5, 0.6) is 0 Å². The van der Waals surface area contributed by atoms with Crippen LogP contribution in [0.25, 0.3) is 0 Å². The van der Waals surface area contributed by atoms with Gasteiger partial charge in [-0.3, -0.25) is 0 Å². The summed E-state index contributed by atoms with van der Waals surface area (Å²) in [6, 6.07) is 1.27. The molecule has 0 aromatic carbocycles. The molecule has 15 heavy (non-hydrogen) atoms. The predicted octanol–water partition coefficient (Wildman–Crippen LogP) is 4.00. The lowest BCUT2D eigenvalue weighted by atomic mass is 10.2. The minimum atomic E-state index is -1.31. The van der Waals surface area contributed by atoms with Crippen molar-refractivity contribution in [2.45, 2.75) is 51.2 Å². The molecule has 0 heterocycles. The molecule has 0 atom stereocenters. The Morgan fingerprint density at radius 3 is 2.33 bits per heavy atom. The highest BCUT2D eigenvalue weighted by Gasteiger charge is 2.18. The van der Waals surface area contributed by atoms with Gasteiger partial charge < -0.3 is 4.43 Å². The summed E-state index contributed by atoms with van der Waals surface area (Å²) >= 11 is 1.37. The van der Waals surface area contributed by atoms with E-state index in [-0.39, 0.29) is 0 Å². The van der Waals surface area contributed by atoms with E-state index in [1.54, 1.807) is 0 Å². The van der Waals surface area contributed by atoms with Gasteiger partial charge in [0.05, 0.1) is 0 Å². The van der Waals surface area contributed by atoms with Crippen molar-refractivity contribution in [2.24, 2.45) is 0 Å². The summed E-state index contributed by atoms with van der Waals surface area (Å²) in [5, 5.41) is 10.4. The quantitative estimate of drug-likeness (QED) is 0.350. The first-order valence-electron chi connectivity index (χ1n) is 5.68. The average Bonchev–Trinajstić information content (AvgIpc) is 2.22. The number of rotatable bonds is 9. The topological polar surface area (TPSA) is 33.0 Å². The monoisotopic (exact) mass is 245 g/mol. The number of unbranched alkanes of at least 4 members (excludes halogenated alkanes) is 4. The first-order chi connectivity index (χ1) is 7.12. The fraction of sp³-hybridized carbons (Fsp3) is 0.909. The fourth-order valence-corrected chi connectivity index (χ4v) is 3.15. The summed E-state index contributed by atoms with van der Waals surface area (Å²) in [5.41, 5.74) is 0. The molecular weight excluding hydrogens is 222 g/mol. The molecule has 0 radical (unpaired) electrons. The van der Waals surface area contributed by atoms with Gasteiger partial charge in [-0.15, -0.1) is 0 Å². The predicted molar refractivity (Wildman–Crippen MR) is 70.5 cm³/mol. The smallest absolute Gasteiger partial charge is 0.186 e. The van der Waals surface area contributed by atoms with E-state index in [1.807, 2.05) is 7.11 Å². The van der Waals surface area contributed by atoms with Crippen molar-refractivity contribution in [2.75, 3.05) is 12.9 Å². The van der Waals surface area contributed by atoms with Crippen LogP contribution in [0.3, 0.4) is 0 Å². The molecule has 0 aliphatic carbocycles. The van der Waals surface area contributed by atoms with E-state index in [2.05, 4.69) is 18.5 Å². The second-order valence-corrected chi connectivity index (χ2v) is 9.73. The third kappa shape index (κ3) is 10.3. The van der Waals surface area contributed by atoms with Crippen LogP contribution >= 0.6 is 11.8 Å². The SMILES string of the molecule is CO[Si](C)(C)CCCCCCCSC#N. The first-order valence-corrected chi connectivity index (χ1v) is 9.78. The van der Waals surface area contributed by atoms with Crippen LogP contribution in [-0.2, 0) is 4.43 Å². The number of nitrogens with zero attached hydrogens (tertiary/aromatic N) is 1. The van der Waals surface area contributed by atoms with Crippen molar-refractivity contribution in [1.29, 1.82) is 5.26 Å². The number of hydrogen-bond donors (Lipinski definition) is 0. The van der Waals surface area contributed by atoms with Crippen molar-refractivity contribution in [3.8, 4) is 5.40 Å². The van der Waals surface area contributed by atoms with Crippen LogP contribution in [0.1, 0.15) is 32.1 Å². The molecule has 2 nitrogen and oxygen atoms in total. The van der Waals surface area contributed by atoms with Crippen LogP contribution in [0, 0.1) is 10.7 Å². The molecule has 0 N–H and O–H groups in total. The maximum absolute atomic E-state index is 8.33. The second kappa shape index (κ2) is 9.26. The molecule has 0 unspecified atom stereocenters. The second-order valence-electron chi connectivity index (χ2n) is 4.42. The van der Waals surface area contributed by atoms with Crippen molar-refractivity contribution in [3.63, 3.8) is 0 Å². The molecule has 0 bridgehead atoms. The Hall–Kier alpha value is 0.0169. The molecular formula is C11H23NOSSi. The first kappa shape index (κ1) is 15.0. The van der Waals surface area contributed by atoms with E-state index in [0.29, 0.717) is 0 Å². The molecule has 0 aliphatic heterocycles. The summed E-state index contributed by atoms with van der Waals surface area (Å²) in [5.74, 6) is 0.995. The van der Waals surface area contributed by atoms with Gasteiger partial charge in [0.1, 0.15) is 5.40 Å². The zero-order chi connectivity index (χ0) is 11.6. The van der Waals surface area contributed by atoms with Crippen molar-refractivity contribution in [1.82, 2.24) is 0 Å². The van der Waals surface area contributed by atoms with Crippen LogP contribution in [0.15, 0.2) is 0 Å². The van der Waals surface area contributed by atoms with Crippen molar-refractivity contribution >= 4 is 20.1 Å². The molecule has 4 heteroatoms. The molecule has 0 aromatic heterocycles. The van der Waals surface area contributed by atoms with Gasteiger partial charge in [-0.1, -0.05) is 25.7 Å². The molecule has 0 aromatic rings. The fourth-order valence-electron chi connectivity index (χ4n) is 1.40. The zero-order valence-electron chi connectivity index (χ0n) is 10.2. The van der Waals surface area contributed by atoms with Crippen molar-refractivity contribution in [3.05, 3.63) is 0 Å². The summed E-state index contributed by atoms with van der Waals surface area (Å²) in [4.78, 5) is 0. The number of nitriles is 1. The lowest BCUT2D eigenvalue weighted by molar-refractivity contribution is 0.401. The Morgan fingerprint density at radius 2 is 1.73 bits per heavy atom. The Kier molecular flexibility index (Phi) is 9.27. The largest absolute Gasteiger partial charge is 0.420 e. The molecule has 0 saturated heterocycles. The highest BCUT2D eigenvalue weighted by Crippen LogP contribution is 2.16. The number of hydrogen-bond acceptors (Lipinski definition) is 3. The van der Waals surface area contributed by atoms with E-state index in [4.69, 9.17) is 9.69 Å². The van der Waals surface area contributed by atoms with Gasteiger partial charge >= 0.3 is 0 Å². The van der Waals surface area contributed by atoms with E-state index in [9.17, 15) is 0 Å². The Bertz CT molecular complexity index is 192. The van der Waals surface area contributed by atoms with E-state index < -0.39 is 8.32 Å². The normalized spacial score (nSPS) is 11.3. The summed E-state index contributed by atoms with van der Waals surface area (Å²) in [6.07, 6.45) is 6.38. The van der Waals surface area contributed by atoms with Gasteiger partial charge in [0.25, 0.3) is 0 Å². The van der Waals surface area contributed by atoms with Gasteiger partial charge in [0, 0.05) is 12.9 Å². The summed E-state index contributed by atoms with van der Waals surface area (Å²) in [6.45, 7) is 4.55. The maximum atomic E-state index is 8.33. The standard InChI is InChI=1S/C11H23NOSSi/c1-13-15(2,3)10-8-6-4-5-7-9-14-11-12/h4-10H2,1-3H3. The maximum Gasteiger partial charge on any atom is 0.186 e. The molecule has 0 rings (SSSR count). The molecule has 88 valence electrons. The molecule has 0 saturated carbocycles. The summed E-state index contributed by atoms with van der Waals surface area (Å²) in [7, 11) is 0.533. The van der Waals surface area contributed by atoms with Gasteiger partial charge in [-0.05, 0) is 37.3 Å². The minimum absolute atomic E-state index is 0.995. The number of thioether (sulfide) groups is 1. The van der Waals surface area contributed by atoms with Crippen LogP contribution in [0.4, 0.5) is 0 Å². The summed E-state index contributed by atoms with van der Waals surface area (Å²) < 4.78 is 5.50. The van der Waals surface area contributed by atoms with Crippen LogP contribution in [0.2, 0.25) is 19.1 Å². The minimum Gasteiger partial charge on any atom is -0.420 e. The van der Waals surface area contributed by atoms with Crippen molar-refractivity contribution < 1.29 is 4.43 Å². The Labute approximate surface area is 99.5 Å². The molecule has 0 fully saturated rings. The van der Waals surface area contributed by atoms with Crippen LogP contribution in [-0.4, -0.2) is 21.2 Å². The average molecular weight is 245 g/mol. The molecule has 0 amide bonds. The highest BCUT2D eigenvalue weighted by molar-refractivity contribution is 8.03. The zero-order valence-corrected chi connectivity index (χ0v) is 12.0. The van der Waals surface area contributed by atoms with Gasteiger partial charge in [0.2, 0.25) is 0 Å². The third-order valence-electron chi connectivity index (χ3n) is 2.64. The van der Waals surface area contributed by atoms with E-state index >= 15 is 0 Å². The van der Waals surface area contributed by atoms with Gasteiger partial charge in [-0.2, -0.15) is 5.26 Å². The lowest BCUT2D eigenvalue weighted by Gasteiger charge is -2.19. The van der Waals surface area contributed by atoms with Gasteiger partial charge in [0.15, 0.2) is 8.32 Å². The van der Waals surface area contributed by atoms with E-state index in [1.165, 1.54) is 49.9 Å². The molecule has 0 spiro atoms. The third-order valence-corrected chi connectivity index (χ3v) is 5.93. The molecule has 0 aliphatic rings. The Balaban J connectivity index is 3.15. The van der Waals surface area contributed by atoms with E-state index in [0.717, 1.165) is 5.75 Å². The highest BCUT2D eigenvalue weighted by atomic mass is 32.2. The lowest BCUT2D eigenvalue weighted by Crippen LogP contribution is -2.27.